The maximum absolute atomic E-state index is 13.7. The van der Waals surface area contributed by atoms with E-state index in [4.69, 9.17) is 5.11 Å². The highest BCUT2D eigenvalue weighted by Crippen LogP contribution is 2.27. The molecule has 1 aromatic carbocycles. The second-order valence-electron chi connectivity index (χ2n) is 4.11. The third-order valence-corrected chi connectivity index (χ3v) is 2.76. The van der Waals surface area contributed by atoms with Crippen molar-refractivity contribution < 1.29 is 9.50 Å². The third kappa shape index (κ3) is 2.34. The molecule has 0 atom stereocenters. The van der Waals surface area contributed by atoms with Gasteiger partial charge in [0.05, 0.1) is 12.8 Å². The Balaban J connectivity index is 2.56. The number of hydrogen-bond donors (Lipinski definition) is 1. The van der Waals surface area contributed by atoms with Crippen LogP contribution in [0.25, 0.3) is 11.1 Å². The molecule has 2 nitrogen and oxygen atoms in total. The molecule has 0 amide bonds. The smallest absolute Gasteiger partial charge is 0.149 e. The van der Waals surface area contributed by atoms with Gasteiger partial charge in [0.1, 0.15) is 5.82 Å². The lowest BCUT2D eigenvalue weighted by molar-refractivity contribution is 0.282. The van der Waals surface area contributed by atoms with Crippen molar-refractivity contribution in [2.24, 2.45) is 0 Å². The Morgan fingerprint density at radius 1 is 1.18 bits per heavy atom. The number of rotatable bonds is 2. The van der Waals surface area contributed by atoms with E-state index in [2.05, 4.69) is 4.98 Å². The van der Waals surface area contributed by atoms with Crippen LogP contribution in [0.4, 0.5) is 4.39 Å². The van der Waals surface area contributed by atoms with Gasteiger partial charge in [-0.05, 0) is 36.6 Å². The van der Waals surface area contributed by atoms with Crippen LogP contribution in [0.15, 0.2) is 30.5 Å². The molecule has 0 saturated carbocycles. The van der Waals surface area contributed by atoms with Gasteiger partial charge in [-0.25, -0.2) is 4.39 Å². The van der Waals surface area contributed by atoms with Crippen LogP contribution in [0.1, 0.15) is 16.8 Å². The number of hydrogen-bond acceptors (Lipinski definition) is 2. The number of aliphatic hydroxyl groups is 1. The minimum absolute atomic E-state index is 0.00102. The van der Waals surface area contributed by atoms with Crippen molar-refractivity contribution in [3.63, 3.8) is 0 Å². The highest BCUT2D eigenvalue weighted by atomic mass is 19.1. The monoisotopic (exact) mass is 231 g/mol. The SMILES string of the molecule is Cc1cc(-c2ccc(CO)cc2C)c(F)cn1. The van der Waals surface area contributed by atoms with E-state index in [0.29, 0.717) is 5.56 Å². The first-order chi connectivity index (χ1) is 8.11. The van der Waals surface area contributed by atoms with Gasteiger partial charge in [0, 0.05) is 11.3 Å². The van der Waals surface area contributed by atoms with Crippen molar-refractivity contribution in [1.82, 2.24) is 4.98 Å². The number of benzene rings is 1. The first kappa shape index (κ1) is 11.7. The average molecular weight is 231 g/mol. The summed E-state index contributed by atoms with van der Waals surface area (Å²) in [7, 11) is 0. The molecule has 0 aliphatic rings. The zero-order valence-electron chi connectivity index (χ0n) is 9.87. The molecular weight excluding hydrogens is 217 g/mol. The zero-order valence-corrected chi connectivity index (χ0v) is 9.87. The van der Waals surface area contributed by atoms with Gasteiger partial charge >= 0.3 is 0 Å². The normalized spacial score (nSPS) is 10.6. The third-order valence-electron chi connectivity index (χ3n) is 2.76. The molecule has 0 radical (unpaired) electrons. The van der Waals surface area contributed by atoms with E-state index >= 15 is 0 Å². The Bertz CT molecular complexity index is 552. The van der Waals surface area contributed by atoms with E-state index in [1.54, 1.807) is 12.1 Å². The largest absolute Gasteiger partial charge is 0.392 e. The minimum Gasteiger partial charge on any atom is -0.392 e. The van der Waals surface area contributed by atoms with Crippen molar-refractivity contribution in [2.75, 3.05) is 0 Å². The van der Waals surface area contributed by atoms with Gasteiger partial charge < -0.3 is 5.11 Å². The molecule has 0 unspecified atom stereocenters. The Hall–Kier alpha value is -1.74. The molecule has 0 fully saturated rings. The number of pyridine rings is 1. The molecule has 0 bridgehead atoms. The standard InChI is InChI=1S/C14H14FNO/c1-9-5-11(8-17)3-4-12(9)13-6-10(2)16-7-14(13)15/h3-7,17H,8H2,1-2H3. The van der Waals surface area contributed by atoms with Crippen molar-refractivity contribution in [3.05, 3.63) is 53.1 Å². The van der Waals surface area contributed by atoms with Crippen LogP contribution in [0.5, 0.6) is 0 Å². The van der Waals surface area contributed by atoms with E-state index < -0.39 is 0 Å². The molecule has 0 spiro atoms. The second-order valence-corrected chi connectivity index (χ2v) is 4.11. The van der Waals surface area contributed by atoms with Crippen molar-refractivity contribution in [2.45, 2.75) is 20.5 Å². The molecule has 1 N–H and O–H groups in total. The van der Waals surface area contributed by atoms with Crippen LogP contribution >= 0.6 is 0 Å². The number of aromatic nitrogens is 1. The number of halogens is 1. The van der Waals surface area contributed by atoms with Crippen LogP contribution in [0.3, 0.4) is 0 Å². The molecule has 1 heterocycles. The maximum atomic E-state index is 13.7. The fourth-order valence-electron chi connectivity index (χ4n) is 1.88. The van der Waals surface area contributed by atoms with Gasteiger partial charge in [-0.1, -0.05) is 18.2 Å². The van der Waals surface area contributed by atoms with E-state index in [-0.39, 0.29) is 12.4 Å². The van der Waals surface area contributed by atoms with E-state index in [1.165, 1.54) is 6.20 Å². The summed E-state index contributed by atoms with van der Waals surface area (Å²) in [6.45, 7) is 3.74. The molecule has 2 aromatic rings. The van der Waals surface area contributed by atoms with E-state index in [0.717, 1.165) is 22.4 Å². The Kier molecular flexibility index (Phi) is 3.20. The lowest BCUT2D eigenvalue weighted by atomic mass is 9.98. The summed E-state index contributed by atoms with van der Waals surface area (Å²) in [4.78, 5) is 3.91. The molecular formula is C14H14FNO. The van der Waals surface area contributed by atoms with Gasteiger partial charge in [-0.3, -0.25) is 4.98 Å². The highest BCUT2D eigenvalue weighted by Gasteiger charge is 2.09. The van der Waals surface area contributed by atoms with Crippen molar-refractivity contribution >= 4 is 0 Å². The summed E-state index contributed by atoms with van der Waals surface area (Å²) < 4.78 is 13.7. The van der Waals surface area contributed by atoms with Gasteiger partial charge in [0.2, 0.25) is 0 Å². The first-order valence-corrected chi connectivity index (χ1v) is 5.44. The summed E-state index contributed by atoms with van der Waals surface area (Å²) in [5.41, 5.74) is 3.95. The number of nitrogens with zero attached hydrogens (tertiary/aromatic N) is 1. The van der Waals surface area contributed by atoms with E-state index in [9.17, 15) is 4.39 Å². The van der Waals surface area contributed by atoms with Crippen LogP contribution in [-0.2, 0) is 6.61 Å². The molecule has 3 heteroatoms. The first-order valence-electron chi connectivity index (χ1n) is 5.44. The summed E-state index contributed by atoms with van der Waals surface area (Å²) >= 11 is 0. The molecule has 17 heavy (non-hydrogen) atoms. The van der Waals surface area contributed by atoms with Crippen molar-refractivity contribution in [1.29, 1.82) is 0 Å². The zero-order chi connectivity index (χ0) is 12.4. The predicted molar refractivity (Wildman–Crippen MR) is 65.0 cm³/mol. The van der Waals surface area contributed by atoms with Crippen LogP contribution in [0.2, 0.25) is 0 Å². The fourth-order valence-corrected chi connectivity index (χ4v) is 1.88. The molecule has 1 aromatic heterocycles. The molecule has 0 aliphatic heterocycles. The molecule has 88 valence electrons. The number of aliphatic hydroxyl groups excluding tert-OH is 1. The van der Waals surface area contributed by atoms with E-state index in [1.807, 2.05) is 26.0 Å². The van der Waals surface area contributed by atoms with Crippen LogP contribution < -0.4 is 0 Å². The van der Waals surface area contributed by atoms with Crippen LogP contribution in [0, 0.1) is 19.7 Å². The summed E-state index contributed by atoms with van der Waals surface area (Å²) in [6.07, 6.45) is 1.24. The summed E-state index contributed by atoms with van der Waals surface area (Å²) in [5, 5.41) is 9.04. The predicted octanol–water partition coefficient (Wildman–Crippen LogP) is 3.00. The molecule has 2 rings (SSSR count). The van der Waals surface area contributed by atoms with Crippen LogP contribution in [-0.4, -0.2) is 10.1 Å². The average Bonchev–Trinajstić information content (AvgIpc) is 2.32. The minimum atomic E-state index is -0.324. The molecule has 0 saturated heterocycles. The lowest BCUT2D eigenvalue weighted by Crippen LogP contribution is -1.93. The Labute approximate surface area is 99.8 Å². The highest BCUT2D eigenvalue weighted by molar-refractivity contribution is 5.68. The molecule has 0 aliphatic carbocycles. The Morgan fingerprint density at radius 3 is 2.59 bits per heavy atom. The van der Waals surface area contributed by atoms with Gasteiger partial charge in [0.25, 0.3) is 0 Å². The second kappa shape index (κ2) is 4.63. The Morgan fingerprint density at radius 2 is 1.94 bits per heavy atom. The quantitative estimate of drug-likeness (QED) is 0.861. The summed E-state index contributed by atoms with van der Waals surface area (Å²) in [6, 6.07) is 7.23. The topological polar surface area (TPSA) is 33.1 Å². The summed E-state index contributed by atoms with van der Waals surface area (Å²) in [5.74, 6) is -0.324. The van der Waals surface area contributed by atoms with Gasteiger partial charge in [0.15, 0.2) is 0 Å². The van der Waals surface area contributed by atoms with Gasteiger partial charge in [-0.2, -0.15) is 0 Å². The lowest BCUT2D eigenvalue weighted by Gasteiger charge is -2.09. The maximum Gasteiger partial charge on any atom is 0.149 e. The van der Waals surface area contributed by atoms with Gasteiger partial charge in [-0.15, -0.1) is 0 Å². The van der Waals surface area contributed by atoms with Crippen molar-refractivity contribution in [3.8, 4) is 11.1 Å². The number of aryl methyl sites for hydroxylation is 2. The fraction of sp³-hybridized carbons (Fsp3) is 0.214.